The van der Waals surface area contributed by atoms with E-state index in [-0.39, 0.29) is 5.91 Å². The molecule has 0 atom stereocenters. The molecule has 1 saturated heterocycles. The number of aromatic nitrogens is 2. The Labute approximate surface area is 171 Å². The fraction of sp³-hybridized carbons (Fsp3) is 0.455. The summed E-state index contributed by atoms with van der Waals surface area (Å²) in [6.07, 6.45) is 5.68. The molecule has 0 radical (unpaired) electrons. The van der Waals surface area contributed by atoms with Crippen LogP contribution in [0.2, 0.25) is 0 Å². The number of anilines is 1. The van der Waals surface area contributed by atoms with Gasteiger partial charge in [0.1, 0.15) is 0 Å². The molecule has 1 aromatic carbocycles. The summed E-state index contributed by atoms with van der Waals surface area (Å²) in [5.41, 5.74) is 8.74. The topological polar surface area (TPSA) is 80.5 Å². The molecule has 0 spiro atoms. The van der Waals surface area contributed by atoms with Crippen molar-refractivity contribution in [1.82, 2.24) is 19.6 Å². The van der Waals surface area contributed by atoms with Crippen LogP contribution in [0, 0.1) is 0 Å². The Morgan fingerprint density at radius 2 is 1.90 bits per heavy atom. The van der Waals surface area contributed by atoms with Gasteiger partial charge >= 0.3 is 0 Å². The number of hydrogen-bond acceptors (Lipinski definition) is 6. The lowest BCUT2D eigenvalue weighted by Crippen LogP contribution is -2.46. The molecule has 1 aliphatic heterocycles. The van der Waals surface area contributed by atoms with Gasteiger partial charge in [-0.1, -0.05) is 13.0 Å². The normalized spacial score (nSPS) is 15.9. The van der Waals surface area contributed by atoms with Crippen LogP contribution in [0.15, 0.2) is 41.2 Å². The number of nitrogen functional groups attached to an aromatic ring is 1. The minimum Gasteiger partial charge on any atom is -0.472 e. The summed E-state index contributed by atoms with van der Waals surface area (Å²) in [6.45, 7) is 8.94. The number of carbonyl (C=O) groups excluding carboxylic acids is 1. The number of nitrogens with two attached hydrogens (primary N) is 1. The highest BCUT2D eigenvalue weighted by atomic mass is 16.3. The SMILES string of the molecule is CCN1CCN(CCCCC(=O)n2nc(N)c3ccc(-c4ccoc4)cc32)CC1. The zero-order valence-electron chi connectivity index (χ0n) is 17.0. The maximum absolute atomic E-state index is 12.8. The van der Waals surface area contributed by atoms with E-state index < -0.39 is 0 Å². The fourth-order valence-electron chi connectivity index (χ4n) is 3.98. The number of furan rings is 1. The van der Waals surface area contributed by atoms with E-state index in [1.165, 1.54) is 4.68 Å². The summed E-state index contributed by atoms with van der Waals surface area (Å²) in [4.78, 5) is 17.8. The monoisotopic (exact) mass is 395 g/mol. The molecule has 0 bridgehead atoms. The molecule has 2 aromatic heterocycles. The molecule has 1 aliphatic rings. The van der Waals surface area contributed by atoms with Crippen molar-refractivity contribution in [2.75, 3.05) is 45.0 Å². The predicted octanol–water partition coefficient (Wildman–Crippen LogP) is 3.33. The van der Waals surface area contributed by atoms with Crippen molar-refractivity contribution in [3.63, 3.8) is 0 Å². The fourth-order valence-corrected chi connectivity index (χ4v) is 3.98. The second-order valence-electron chi connectivity index (χ2n) is 7.67. The highest BCUT2D eigenvalue weighted by Gasteiger charge is 2.17. The van der Waals surface area contributed by atoms with E-state index in [4.69, 9.17) is 10.2 Å². The number of benzene rings is 1. The van der Waals surface area contributed by atoms with E-state index in [0.717, 1.165) is 74.1 Å². The molecule has 3 aromatic rings. The number of rotatable bonds is 7. The summed E-state index contributed by atoms with van der Waals surface area (Å²) in [5.74, 6) is 0.382. The lowest BCUT2D eigenvalue weighted by Gasteiger charge is -2.33. The van der Waals surface area contributed by atoms with Gasteiger partial charge in [0.25, 0.3) is 0 Å². The number of hydrogen-bond donors (Lipinski definition) is 1. The van der Waals surface area contributed by atoms with E-state index in [1.807, 2.05) is 24.3 Å². The molecule has 0 aliphatic carbocycles. The number of unbranched alkanes of at least 4 members (excludes halogenated alkanes) is 1. The third-order valence-electron chi connectivity index (χ3n) is 5.83. The lowest BCUT2D eigenvalue weighted by molar-refractivity contribution is 0.0885. The van der Waals surface area contributed by atoms with Gasteiger partial charge in [0.15, 0.2) is 5.82 Å². The molecule has 0 amide bonds. The molecule has 1 fully saturated rings. The van der Waals surface area contributed by atoms with Crippen LogP contribution in [0.1, 0.15) is 31.0 Å². The predicted molar refractivity (Wildman–Crippen MR) is 115 cm³/mol. The number of fused-ring (bicyclic) bond motifs is 1. The van der Waals surface area contributed by atoms with Crippen LogP contribution in [0.5, 0.6) is 0 Å². The van der Waals surface area contributed by atoms with Crippen molar-refractivity contribution in [3.05, 3.63) is 36.8 Å². The molecule has 0 saturated carbocycles. The number of carbonyl (C=O) groups is 1. The van der Waals surface area contributed by atoms with Gasteiger partial charge in [0, 0.05) is 43.5 Å². The smallest absolute Gasteiger partial charge is 0.247 e. The average Bonchev–Trinajstić information content (AvgIpc) is 3.40. The Morgan fingerprint density at radius 1 is 1.10 bits per heavy atom. The Bertz CT molecular complexity index is 955. The van der Waals surface area contributed by atoms with Crippen LogP contribution < -0.4 is 5.73 Å². The minimum atomic E-state index is -0.00755. The second kappa shape index (κ2) is 8.80. The van der Waals surface area contributed by atoms with Crippen LogP contribution in [-0.4, -0.2) is 64.8 Å². The van der Waals surface area contributed by atoms with Gasteiger partial charge in [-0.05, 0) is 49.7 Å². The van der Waals surface area contributed by atoms with Crippen molar-refractivity contribution >= 4 is 22.6 Å². The van der Waals surface area contributed by atoms with Gasteiger partial charge in [-0.2, -0.15) is 4.68 Å². The van der Waals surface area contributed by atoms with Gasteiger partial charge in [0.05, 0.1) is 18.0 Å². The van der Waals surface area contributed by atoms with E-state index in [2.05, 4.69) is 21.8 Å². The Kier molecular flexibility index (Phi) is 5.97. The van der Waals surface area contributed by atoms with Gasteiger partial charge in [-0.3, -0.25) is 4.79 Å². The Balaban J connectivity index is 1.36. The molecule has 29 heavy (non-hydrogen) atoms. The molecule has 2 N–H and O–H groups in total. The van der Waals surface area contributed by atoms with E-state index in [0.29, 0.717) is 12.2 Å². The van der Waals surface area contributed by atoms with E-state index >= 15 is 0 Å². The van der Waals surface area contributed by atoms with Crippen molar-refractivity contribution in [3.8, 4) is 11.1 Å². The molecule has 154 valence electrons. The summed E-state index contributed by atoms with van der Waals surface area (Å²) in [6, 6.07) is 7.74. The van der Waals surface area contributed by atoms with Gasteiger partial charge < -0.3 is 20.0 Å². The molecule has 3 heterocycles. The van der Waals surface area contributed by atoms with Crippen LogP contribution in [0.25, 0.3) is 22.0 Å². The summed E-state index contributed by atoms with van der Waals surface area (Å²) >= 11 is 0. The van der Waals surface area contributed by atoms with E-state index in [1.54, 1.807) is 12.5 Å². The van der Waals surface area contributed by atoms with Crippen molar-refractivity contribution in [2.45, 2.75) is 26.2 Å². The largest absolute Gasteiger partial charge is 0.472 e. The Hall–Kier alpha value is -2.64. The highest BCUT2D eigenvalue weighted by molar-refractivity contribution is 5.98. The quantitative estimate of drug-likeness (QED) is 0.618. The first kappa shape index (κ1) is 19.7. The zero-order chi connectivity index (χ0) is 20.2. The van der Waals surface area contributed by atoms with Crippen molar-refractivity contribution in [1.29, 1.82) is 0 Å². The molecule has 4 rings (SSSR count). The van der Waals surface area contributed by atoms with Crippen molar-refractivity contribution < 1.29 is 9.21 Å². The first-order valence-electron chi connectivity index (χ1n) is 10.4. The second-order valence-corrected chi connectivity index (χ2v) is 7.67. The maximum Gasteiger partial charge on any atom is 0.247 e. The Morgan fingerprint density at radius 3 is 2.62 bits per heavy atom. The van der Waals surface area contributed by atoms with Gasteiger partial charge in [0.2, 0.25) is 5.91 Å². The summed E-state index contributed by atoms with van der Waals surface area (Å²) < 4.78 is 6.64. The standard InChI is InChI=1S/C22H29N5O2/c1-2-25-10-12-26(13-11-25)9-4-3-5-21(28)27-20-15-17(18-8-14-29-16-18)6-7-19(20)22(23)24-27/h6-8,14-16H,2-5,9-13H2,1H3,(H2,23,24). The average molecular weight is 396 g/mol. The molecular formula is C22H29N5O2. The third kappa shape index (κ3) is 4.36. The van der Waals surface area contributed by atoms with E-state index in [9.17, 15) is 4.79 Å². The van der Waals surface area contributed by atoms with Crippen molar-refractivity contribution in [2.24, 2.45) is 0 Å². The lowest BCUT2D eigenvalue weighted by atomic mass is 10.1. The molecule has 0 unspecified atom stereocenters. The molecule has 7 nitrogen and oxygen atoms in total. The molecule has 7 heteroatoms. The first-order valence-corrected chi connectivity index (χ1v) is 10.4. The maximum atomic E-state index is 12.8. The minimum absolute atomic E-state index is 0.00755. The number of nitrogens with zero attached hydrogens (tertiary/aromatic N) is 4. The highest BCUT2D eigenvalue weighted by Crippen LogP contribution is 2.28. The van der Waals surface area contributed by atoms with Crippen LogP contribution in [0.3, 0.4) is 0 Å². The zero-order valence-corrected chi connectivity index (χ0v) is 17.0. The number of piperazine rings is 1. The van der Waals surface area contributed by atoms with Crippen LogP contribution >= 0.6 is 0 Å². The summed E-state index contributed by atoms with van der Waals surface area (Å²) in [7, 11) is 0. The summed E-state index contributed by atoms with van der Waals surface area (Å²) in [5, 5.41) is 5.11. The first-order chi connectivity index (χ1) is 14.2. The molecular weight excluding hydrogens is 366 g/mol. The van der Waals surface area contributed by atoms with Crippen LogP contribution in [0.4, 0.5) is 5.82 Å². The third-order valence-corrected chi connectivity index (χ3v) is 5.83. The van der Waals surface area contributed by atoms with Crippen LogP contribution in [-0.2, 0) is 0 Å². The van der Waals surface area contributed by atoms with Gasteiger partial charge in [-0.15, -0.1) is 5.10 Å². The van der Waals surface area contributed by atoms with Gasteiger partial charge in [-0.25, -0.2) is 0 Å². The number of likely N-dealkylation sites (N-methyl/N-ethyl adjacent to an activating group) is 1.